The number of carbonyl (C=O) groups is 1. The van der Waals surface area contributed by atoms with Crippen molar-refractivity contribution in [2.75, 3.05) is 0 Å². The van der Waals surface area contributed by atoms with E-state index >= 15 is 0 Å². The van der Waals surface area contributed by atoms with E-state index in [2.05, 4.69) is 10.2 Å². The second-order valence-electron chi connectivity index (χ2n) is 3.99. The smallest absolute Gasteiger partial charge is 0.294 e. The Labute approximate surface area is 92.9 Å². The van der Waals surface area contributed by atoms with Gasteiger partial charge in [0.1, 0.15) is 12.2 Å². The third-order valence-electron chi connectivity index (χ3n) is 2.64. The fourth-order valence-electron chi connectivity index (χ4n) is 1.76. The van der Waals surface area contributed by atoms with Crippen LogP contribution in [0.5, 0.6) is 0 Å². The summed E-state index contributed by atoms with van der Waals surface area (Å²) in [4.78, 5) is 25.7. The van der Waals surface area contributed by atoms with Gasteiger partial charge in [0, 0.05) is 6.04 Å². The molecule has 0 radical (unpaired) electrons. The molecule has 0 aromatic heterocycles. The van der Waals surface area contributed by atoms with E-state index in [1.807, 2.05) is 0 Å². The fourth-order valence-corrected chi connectivity index (χ4v) is 1.76. The van der Waals surface area contributed by atoms with Crippen LogP contribution in [0.4, 0.5) is 0 Å². The first-order valence-electron chi connectivity index (χ1n) is 5.28. The number of aliphatic hydroxyl groups is 1. The Balaban J connectivity index is 2.27. The lowest BCUT2D eigenvalue weighted by molar-refractivity contribution is -0.769. The van der Waals surface area contributed by atoms with Crippen molar-refractivity contribution in [3.8, 4) is 0 Å². The van der Waals surface area contributed by atoms with E-state index < -0.39 is 17.1 Å². The Morgan fingerprint density at radius 1 is 1.50 bits per heavy atom. The van der Waals surface area contributed by atoms with Gasteiger partial charge in [0.15, 0.2) is 0 Å². The van der Waals surface area contributed by atoms with E-state index in [1.54, 1.807) is 0 Å². The van der Waals surface area contributed by atoms with Crippen molar-refractivity contribution in [1.29, 1.82) is 0 Å². The Bertz CT molecular complexity index is 261. The molecule has 1 saturated carbocycles. The van der Waals surface area contributed by atoms with Crippen molar-refractivity contribution in [3.63, 3.8) is 0 Å². The molecule has 2 N–H and O–H groups in total. The molecule has 0 spiro atoms. The monoisotopic (exact) mass is 232 g/mol. The largest absolute Gasteiger partial charge is 0.384 e. The minimum atomic E-state index is -1.02. The second-order valence-corrected chi connectivity index (χ2v) is 3.99. The molecule has 1 unspecified atom stereocenters. The van der Waals surface area contributed by atoms with Gasteiger partial charge < -0.3 is 15.3 Å². The zero-order valence-electron chi connectivity index (χ0n) is 9.09. The van der Waals surface area contributed by atoms with Gasteiger partial charge in [-0.1, -0.05) is 0 Å². The first-order chi connectivity index (χ1) is 7.49. The Morgan fingerprint density at radius 3 is 2.50 bits per heavy atom. The van der Waals surface area contributed by atoms with E-state index in [-0.39, 0.29) is 12.1 Å². The Morgan fingerprint density at radius 2 is 2.06 bits per heavy atom. The van der Waals surface area contributed by atoms with E-state index in [4.69, 9.17) is 5.11 Å². The molecule has 1 amide bonds. The van der Waals surface area contributed by atoms with Gasteiger partial charge in [0.05, 0.1) is 0 Å². The molecule has 1 rings (SSSR count). The minimum Gasteiger partial charge on any atom is -0.384 e. The summed E-state index contributed by atoms with van der Waals surface area (Å²) < 4.78 is 0. The third kappa shape index (κ3) is 4.01. The van der Waals surface area contributed by atoms with Gasteiger partial charge in [-0.2, -0.15) is 0 Å². The van der Waals surface area contributed by atoms with Crippen LogP contribution >= 0.6 is 0 Å². The van der Waals surface area contributed by atoms with Crippen LogP contribution in [0.3, 0.4) is 0 Å². The number of hydrogen-bond donors (Lipinski definition) is 2. The summed E-state index contributed by atoms with van der Waals surface area (Å²) in [6.45, 7) is 1.40. The minimum absolute atomic E-state index is 0.0197. The average molecular weight is 232 g/mol. The molecule has 1 aliphatic carbocycles. The molecular weight excluding hydrogens is 216 g/mol. The Kier molecular flexibility index (Phi) is 4.48. The van der Waals surface area contributed by atoms with Crippen LogP contribution in [0.15, 0.2) is 0 Å². The number of nitrogens with zero attached hydrogens (tertiary/aromatic N) is 1. The third-order valence-corrected chi connectivity index (χ3v) is 2.64. The van der Waals surface area contributed by atoms with Crippen molar-refractivity contribution in [1.82, 2.24) is 5.32 Å². The number of amides is 1. The van der Waals surface area contributed by atoms with Crippen LogP contribution in [-0.2, 0) is 9.63 Å². The molecule has 1 aliphatic rings. The van der Waals surface area contributed by atoms with Crippen LogP contribution in [0.1, 0.15) is 32.6 Å². The molecule has 0 heterocycles. The summed E-state index contributed by atoms with van der Waals surface area (Å²) in [7, 11) is 0. The van der Waals surface area contributed by atoms with E-state index in [0.29, 0.717) is 25.7 Å². The first kappa shape index (κ1) is 12.7. The molecule has 1 fully saturated rings. The predicted molar refractivity (Wildman–Crippen MR) is 53.9 cm³/mol. The number of rotatable bonds is 4. The predicted octanol–water partition coefficient (Wildman–Crippen LogP) is 0.00290. The Hall–Kier alpha value is -1.37. The highest BCUT2D eigenvalue weighted by molar-refractivity contribution is 5.80. The quantitative estimate of drug-likeness (QED) is 0.525. The molecule has 0 aromatic rings. The van der Waals surface area contributed by atoms with Crippen LogP contribution in [-0.4, -0.2) is 34.4 Å². The van der Waals surface area contributed by atoms with Crippen molar-refractivity contribution >= 4 is 5.91 Å². The summed E-state index contributed by atoms with van der Waals surface area (Å²) in [6, 6.07) is -0.0197. The zero-order valence-corrected chi connectivity index (χ0v) is 9.09. The molecule has 7 nitrogen and oxygen atoms in total. The van der Waals surface area contributed by atoms with Gasteiger partial charge in [0.25, 0.3) is 5.09 Å². The molecule has 7 heteroatoms. The van der Waals surface area contributed by atoms with Gasteiger partial charge in [-0.05, 0) is 32.6 Å². The summed E-state index contributed by atoms with van der Waals surface area (Å²) in [5.41, 5.74) is 0. The van der Waals surface area contributed by atoms with Gasteiger partial charge in [0.2, 0.25) is 5.91 Å². The first-order valence-corrected chi connectivity index (χ1v) is 5.28. The average Bonchev–Trinajstić information content (AvgIpc) is 2.20. The van der Waals surface area contributed by atoms with Crippen LogP contribution in [0, 0.1) is 10.1 Å². The lowest BCUT2D eigenvalue weighted by Gasteiger charge is -2.27. The summed E-state index contributed by atoms with van der Waals surface area (Å²) in [6.07, 6.45) is 0.980. The fraction of sp³-hybridized carbons (Fsp3) is 0.889. The van der Waals surface area contributed by atoms with Crippen molar-refractivity contribution in [2.45, 2.75) is 50.9 Å². The highest BCUT2D eigenvalue weighted by atomic mass is 17.0. The van der Waals surface area contributed by atoms with Crippen molar-refractivity contribution in [3.05, 3.63) is 10.1 Å². The van der Waals surface area contributed by atoms with E-state index in [0.717, 1.165) is 0 Å². The summed E-state index contributed by atoms with van der Waals surface area (Å²) in [5, 5.41) is 21.0. The highest BCUT2D eigenvalue weighted by Gasteiger charge is 2.25. The van der Waals surface area contributed by atoms with Crippen LogP contribution < -0.4 is 5.32 Å². The molecule has 92 valence electrons. The van der Waals surface area contributed by atoms with Crippen molar-refractivity contribution < 1.29 is 19.8 Å². The lowest BCUT2D eigenvalue weighted by Crippen LogP contribution is -2.43. The van der Waals surface area contributed by atoms with Gasteiger partial charge in [-0.25, -0.2) is 0 Å². The second kappa shape index (κ2) is 5.64. The molecule has 0 aromatic carbocycles. The maximum absolute atomic E-state index is 11.2. The molecule has 0 aliphatic heterocycles. The highest BCUT2D eigenvalue weighted by Crippen LogP contribution is 2.21. The number of aliphatic hydroxyl groups excluding tert-OH is 1. The standard InChI is InChI=1S/C9H16N2O5/c1-6(12)9(13)10-7-2-4-8(5-3-7)16-11(14)15/h6-8,12H,2-5H2,1H3,(H,10,13). The molecule has 1 atom stereocenters. The normalized spacial score (nSPS) is 26.9. The molecule has 0 saturated heterocycles. The van der Waals surface area contributed by atoms with Crippen molar-refractivity contribution in [2.24, 2.45) is 0 Å². The lowest BCUT2D eigenvalue weighted by atomic mass is 9.93. The topological polar surface area (TPSA) is 102 Å². The van der Waals surface area contributed by atoms with Gasteiger partial charge >= 0.3 is 0 Å². The molecular formula is C9H16N2O5. The van der Waals surface area contributed by atoms with Gasteiger partial charge in [-0.3, -0.25) is 4.79 Å². The maximum atomic E-state index is 11.2. The summed E-state index contributed by atoms with van der Waals surface area (Å²) >= 11 is 0. The number of nitrogens with one attached hydrogen (secondary N) is 1. The molecule has 0 bridgehead atoms. The van der Waals surface area contributed by atoms with E-state index in [1.165, 1.54) is 6.92 Å². The number of carbonyl (C=O) groups excluding carboxylic acids is 1. The van der Waals surface area contributed by atoms with Crippen LogP contribution in [0.25, 0.3) is 0 Å². The van der Waals surface area contributed by atoms with Crippen LogP contribution in [0.2, 0.25) is 0 Å². The molecule has 16 heavy (non-hydrogen) atoms. The summed E-state index contributed by atoms with van der Waals surface area (Å²) in [5.74, 6) is -0.404. The SMILES string of the molecule is CC(O)C(=O)NC1CCC(O[N+](=O)[O-])CC1. The maximum Gasteiger partial charge on any atom is 0.294 e. The van der Waals surface area contributed by atoms with Gasteiger partial charge in [-0.15, -0.1) is 10.1 Å². The number of hydrogen-bond acceptors (Lipinski definition) is 5. The van der Waals surface area contributed by atoms with E-state index in [9.17, 15) is 14.9 Å². The zero-order chi connectivity index (χ0) is 12.1.